The second kappa shape index (κ2) is 13.6. The molecule has 4 nitrogen and oxygen atoms in total. The number of hydrogen-bond donors (Lipinski definition) is 0. The van der Waals surface area contributed by atoms with Crippen molar-refractivity contribution in [3.8, 4) is 67.4 Å². The lowest BCUT2D eigenvalue weighted by Gasteiger charge is -2.11. The molecule has 266 valence electrons. The molecule has 3 heterocycles. The van der Waals surface area contributed by atoms with Crippen LogP contribution in [0.25, 0.3) is 111 Å². The number of nitrogens with zero attached hydrogens (tertiary/aromatic N) is 3. The highest BCUT2D eigenvalue weighted by Crippen LogP contribution is 2.43. The summed E-state index contributed by atoms with van der Waals surface area (Å²) in [6.45, 7) is 0. The van der Waals surface area contributed by atoms with E-state index in [9.17, 15) is 0 Å². The van der Waals surface area contributed by atoms with Gasteiger partial charge in [0.15, 0.2) is 5.82 Å². The number of para-hydroxylation sites is 2. The van der Waals surface area contributed by atoms with Crippen LogP contribution in [-0.2, 0) is 0 Å². The SMILES string of the molecule is c1ccc(-c2ccc(-c3nc(-c4ccccc4)cc(-c4ccc(-c5cccc6c5oc5ccc7c(-c8ccccc8)nc8ccccc8c7c56)cc4)n3)cc2)cc1. The first kappa shape index (κ1) is 32.7. The molecule has 11 rings (SSSR count). The van der Waals surface area contributed by atoms with Crippen LogP contribution in [0.5, 0.6) is 0 Å². The van der Waals surface area contributed by atoms with Crippen LogP contribution in [0.4, 0.5) is 0 Å². The van der Waals surface area contributed by atoms with Crippen LogP contribution in [-0.4, -0.2) is 15.0 Å². The van der Waals surface area contributed by atoms with Gasteiger partial charge in [-0.05, 0) is 41.0 Å². The van der Waals surface area contributed by atoms with Gasteiger partial charge in [-0.15, -0.1) is 0 Å². The van der Waals surface area contributed by atoms with Crippen LogP contribution >= 0.6 is 0 Å². The second-order valence-corrected chi connectivity index (χ2v) is 14.3. The smallest absolute Gasteiger partial charge is 0.160 e. The third-order valence-electron chi connectivity index (χ3n) is 10.9. The van der Waals surface area contributed by atoms with E-state index >= 15 is 0 Å². The Kier molecular flexibility index (Phi) is 7.78. The summed E-state index contributed by atoms with van der Waals surface area (Å²) in [5, 5.41) is 5.57. The molecule has 0 bridgehead atoms. The topological polar surface area (TPSA) is 51.8 Å². The first-order valence-corrected chi connectivity index (χ1v) is 19.2. The molecule has 57 heavy (non-hydrogen) atoms. The first-order valence-electron chi connectivity index (χ1n) is 19.2. The maximum atomic E-state index is 6.78. The van der Waals surface area contributed by atoms with Crippen LogP contribution in [0.1, 0.15) is 0 Å². The lowest BCUT2D eigenvalue weighted by molar-refractivity contribution is 0.670. The summed E-state index contributed by atoms with van der Waals surface area (Å²) in [5.74, 6) is 0.687. The van der Waals surface area contributed by atoms with Crippen molar-refractivity contribution in [2.45, 2.75) is 0 Å². The van der Waals surface area contributed by atoms with Crippen LogP contribution in [0, 0.1) is 0 Å². The maximum absolute atomic E-state index is 6.78. The van der Waals surface area contributed by atoms with E-state index in [2.05, 4.69) is 170 Å². The molecule has 4 heteroatoms. The van der Waals surface area contributed by atoms with Crippen LogP contribution in [0.2, 0.25) is 0 Å². The van der Waals surface area contributed by atoms with Crippen LogP contribution in [0.15, 0.2) is 205 Å². The van der Waals surface area contributed by atoms with E-state index in [-0.39, 0.29) is 0 Å². The van der Waals surface area contributed by atoms with Crippen molar-refractivity contribution in [3.05, 3.63) is 200 Å². The molecule has 0 atom stereocenters. The van der Waals surface area contributed by atoms with E-state index in [0.717, 1.165) is 99.6 Å². The van der Waals surface area contributed by atoms with Crippen LogP contribution < -0.4 is 0 Å². The fourth-order valence-electron chi connectivity index (χ4n) is 8.12. The molecule has 0 N–H and O–H groups in total. The summed E-state index contributed by atoms with van der Waals surface area (Å²) >= 11 is 0. The van der Waals surface area contributed by atoms with Crippen molar-refractivity contribution in [2.75, 3.05) is 0 Å². The zero-order chi connectivity index (χ0) is 37.7. The number of pyridine rings is 1. The van der Waals surface area contributed by atoms with Crippen molar-refractivity contribution < 1.29 is 4.42 Å². The Labute approximate surface area is 329 Å². The van der Waals surface area contributed by atoms with E-state index < -0.39 is 0 Å². The molecule has 0 fully saturated rings. The predicted octanol–water partition coefficient (Wildman–Crippen LogP) is 14.1. The molecule has 3 aromatic heterocycles. The molecule has 0 saturated carbocycles. The van der Waals surface area contributed by atoms with Gasteiger partial charge in [0.05, 0.1) is 22.6 Å². The number of fused-ring (bicyclic) bond motifs is 7. The third kappa shape index (κ3) is 5.74. The molecule has 0 saturated heterocycles. The molecular formula is C53H33N3O. The summed E-state index contributed by atoms with van der Waals surface area (Å²) < 4.78 is 6.78. The summed E-state index contributed by atoms with van der Waals surface area (Å²) in [6.07, 6.45) is 0. The first-order chi connectivity index (χ1) is 28.2. The average molecular weight is 728 g/mol. The Morgan fingerprint density at radius 3 is 1.60 bits per heavy atom. The van der Waals surface area contributed by atoms with Gasteiger partial charge < -0.3 is 4.42 Å². The highest BCUT2D eigenvalue weighted by Gasteiger charge is 2.19. The van der Waals surface area contributed by atoms with Gasteiger partial charge in [-0.25, -0.2) is 15.0 Å². The Bertz CT molecular complexity index is 3250. The normalized spacial score (nSPS) is 11.5. The van der Waals surface area contributed by atoms with Gasteiger partial charge in [0, 0.05) is 54.7 Å². The minimum atomic E-state index is 0.687. The Morgan fingerprint density at radius 1 is 0.333 bits per heavy atom. The van der Waals surface area contributed by atoms with Crippen molar-refractivity contribution in [2.24, 2.45) is 0 Å². The Balaban J connectivity index is 1.02. The molecular weight excluding hydrogens is 695 g/mol. The van der Waals surface area contributed by atoms with Crippen molar-refractivity contribution in [3.63, 3.8) is 0 Å². The lowest BCUT2D eigenvalue weighted by atomic mass is 9.95. The van der Waals surface area contributed by atoms with E-state index in [0.29, 0.717) is 5.82 Å². The maximum Gasteiger partial charge on any atom is 0.160 e. The number of aromatic nitrogens is 3. The van der Waals surface area contributed by atoms with Gasteiger partial charge in [-0.1, -0.05) is 176 Å². The lowest BCUT2D eigenvalue weighted by Crippen LogP contribution is -1.96. The Hall–Kier alpha value is -7.69. The molecule has 0 aliphatic heterocycles. The molecule has 0 radical (unpaired) electrons. The van der Waals surface area contributed by atoms with E-state index in [1.54, 1.807) is 0 Å². The van der Waals surface area contributed by atoms with E-state index in [1.807, 2.05) is 30.3 Å². The van der Waals surface area contributed by atoms with E-state index in [1.165, 1.54) is 5.56 Å². The molecule has 0 unspecified atom stereocenters. The summed E-state index contributed by atoms with van der Waals surface area (Å²) in [5.41, 5.74) is 14.0. The number of rotatable bonds is 6. The van der Waals surface area contributed by atoms with E-state index in [4.69, 9.17) is 19.4 Å². The van der Waals surface area contributed by atoms with Gasteiger partial charge in [0.2, 0.25) is 0 Å². The highest BCUT2D eigenvalue weighted by molar-refractivity contribution is 6.29. The number of benzene rings is 8. The van der Waals surface area contributed by atoms with Gasteiger partial charge in [0.1, 0.15) is 11.2 Å². The minimum absolute atomic E-state index is 0.687. The van der Waals surface area contributed by atoms with Gasteiger partial charge in [-0.3, -0.25) is 0 Å². The van der Waals surface area contributed by atoms with Gasteiger partial charge in [0.25, 0.3) is 0 Å². The molecule has 8 aromatic carbocycles. The standard InChI is InChI=1S/C53H33N3O/c1-4-13-34(14-5-1)35-23-29-40(30-24-35)53-55-46(37-15-6-2-7-16-37)33-47(56-53)38-27-25-36(26-28-38)41-20-12-21-44-50-48(57-52(41)44)32-31-43-49(50)42-19-10-11-22-45(42)54-51(43)39-17-8-3-9-18-39/h1-33H. The number of hydrogen-bond acceptors (Lipinski definition) is 4. The Morgan fingerprint density at radius 2 is 0.877 bits per heavy atom. The second-order valence-electron chi connectivity index (χ2n) is 14.3. The fourth-order valence-corrected chi connectivity index (χ4v) is 8.12. The monoisotopic (exact) mass is 727 g/mol. The molecule has 11 aromatic rings. The zero-order valence-electron chi connectivity index (χ0n) is 30.8. The van der Waals surface area contributed by atoms with Gasteiger partial charge >= 0.3 is 0 Å². The summed E-state index contributed by atoms with van der Waals surface area (Å²) in [4.78, 5) is 15.4. The molecule has 0 aliphatic rings. The molecule has 0 amide bonds. The summed E-state index contributed by atoms with van der Waals surface area (Å²) in [6, 6.07) is 69.5. The van der Waals surface area contributed by atoms with Crippen molar-refractivity contribution >= 4 is 43.6 Å². The zero-order valence-corrected chi connectivity index (χ0v) is 30.8. The highest BCUT2D eigenvalue weighted by atomic mass is 16.3. The van der Waals surface area contributed by atoms with Gasteiger partial charge in [-0.2, -0.15) is 0 Å². The number of furan rings is 1. The minimum Gasteiger partial charge on any atom is -0.455 e. The van der Waals surface area contributed by atoms with Crippen molar-refractivity contribution in [1.29, 1.82) is 0 Å². The largest absolute Gasteiger partial charge is 0.455 e. The van der Waals surface area contributed by atoms with Crippen LogP contribution in [0.3, 0.4) is 0 Å². The van der Waals surface area contributed by atoms with Crippen molar-refractivity contribution in [1.82, 2.24) is 15.0 Å². The summed E-state index contributed by atoms with van der Waals surface area (Å²) in [7, 11) is 0. The molecule has 0 spiro atoms. The molecule has 0 aliphatic carbocycles. The fraction of sp³-hybridized carbons (Fsp3) is 0. The third-order valence-corrected chi connectivity index (χ3v) is 10.9. The quantitative estimate of drug-likeness (QED) is 0.160. The predicted molar refractivity (Wildman–Crippen MR) is 235 cm³/mol. The average Bonchev–Trinajstić information content (AvgIpc) is 3.69.